The minimum Gasteiger partial charge on any atom is -0.346 e. The molecule has 0 aliphatic rings. The highest BCUT2D eigenvalue weighted by Gasteiger charge is 2.18. The molecule has 3 aromatic carbocycles. The summed E-state index contributed by atoms with van der Waals surface area (Å²) in [6.07, 6.45) is 0.323. The van der Waals surface area contributed by atoms with Gasteiger partial charge in [0.1, 0.15) is 11.6 Å². The van der Waals surface area contributed by atoms with Gasteiger partial charge in [-0.25, -0.2) is 9.37 Å². The zero-order chi connectivity index (χ0) is 20.2. The number of carbonyl (C=O) groups excluding carboxylic acids is 1. The number of fused-ring (bicyclic) bond motifs is 1. The smallest absolute Gasteiger partial charge is 0.224 e. The Morgan fingerprint density at radius 3 is 2.41 bits per heavy atom. The van der Waals surface area contributed by atoms with E-state index in [-0.39, 0.29) is 17.8 Å². The van der Waals surface area contributed by atoms with Crippen LogP contribution in [0.4, 0.5) is 4.39 Å². The van der Waals surface area contributed by atoms with Gasteiger partial charge in [-0.2, -0.15) is 0 Å². The third kappa shape index (κ3) is 4.35. The lowest BCUT2D eigenvalue weighted by molar-refractivity contribution is -0.121. The van der Waals surface area contributed by atoms with E-state index in [9.17, 15) is 9.18 Å². The summed E-state index contributed by atoms with van der Waals surface area (Å²) in [6, 6.07) is 23.7. The van der Waals surface area contributed by atoms with Crippen LogP contribution in [0.3, 0.4) is 0 Å². The Morgan fingerprint density at radius 2 is 1.66 bits per heavy atom. The number of carbonyl (C=O) groups is 1. The van der Waals surface area contributed by atoms with E-state index in [1.807, 2.05) is 61.5 Å². The molecule has 0 bridgehead atoms. The highest BCUT2D eigenvalue weighted by Crippen LogP contribution is 2.22. The molecule has 0 saturated heterocycles. The molecule has 4 rings (SSSR count). The number of rotatable bonds is 6. The van der Waals surface area contributed by atoms with Crippen molar-refractivity contribution in [2.24, 2.45) is 0 Å². The first-order chi connectivity index (χ1) is 14.1. The fourth-order valence-corrected chi connectivity index (χ4v) is 3.50. The zero-order valence-corrected chi connectivity index (χ0v) is 16.2. The van der Waals surface area contributed by atoms with Crippen molar-refractivity contribution >= 4 is 16.9 Å². The van der Waals surface area contributed by atoms with Gasteiger partial charge in [0.25, 0.3) is 0 Å². The summed E-state index contributed by atoms with van der Waals surface area (Å²) in [7, 11) is 0. The Balaban J connectivity index is 1.60. The number of para-hydroxylation sites is 2. The van der Waals surface area contributed by atoms with E-state index in [1.165, 1.54) is 12.1 Å². The standard InChI is InChI=1S/C24H22FN3O/c1-17(26-23(29)15-18-7-3-2-4-8-18)24-27-21-9-5-6-10-22(21)28(24)16-19-11-13-20(25)14-12-19/h2-14,17H,15-16H2,1H3,(H,26,29). The lowest BCUT2D eigenvalue weighted by Gasteiger charge is -2.17. The van der Waals surface area contributed by atoms with E-state index in [0.29, 0.717) is 13.0 Å². The number of amides is 1. The van der Waals surface area contributed by atoms with Crippen LogP contribution in [-0.4, -0.2) is 15.5 Å². The topological polar surface area (TPSA) is 46.9 Å². The van der Waals surface area contributed by atoms with Gasteiger partial charge >= 0.3 is 0 Å². The predicted octanol–water partition coefficient (Wildman–Crippen LogP) is 4.64. The van der Waals surface area contributed by atoms with Gasteiger partial charge in [0.15, 0.2) is 0 Å². The van der Waals surface area contributed by atoms with Gasteiger partial charge < -0.3 is 9.88 Å². The fourth-order valence-electron chi connectivity index (χ4n) is 3.50. The molecular weight excluding hydrogens is 365 g/mol. The maximum atomic E-state index is 13.3. The van der Waals surface area contributed by atoms with Crippen molar-refractivity contribution < 1.29 is 9.18 Å². The fraction of sp³-hybridized carbons (Fsp3) is 0.167. The summed E-state index contributed by atoms with van der Waals surface area (Å²) in [4.78, 5) is 17.3. The molecule has 0 radical (unpaired) electrons. The maximum Gasteiger partial charge on any atom is 0.224 e. The molecule has 1 amide bonds. The highest BCUT2D eigenvalue weighted by molar-refractivity contribution is 5.79. The number of nitrogens with zero attached hydrogens (tertiary/aromatic N) is 2. The van der Waals surface area contributed by atoms with Crippen LogP contribution in [0.2, 0.25) is 0 Å². The average Bonchev–Trinajstić information content (AvgIpc) is 3.09. The molecule has 146 valence electrons. The van der Waals surface area contributed by atoms with E-state index in [2.05, 4.69) is 9.88 Å². The molecule has 1 aromatic heterocycles. The van der Waals surface area contributed by atoms with Gasteiger partial charge in [0.05, 0.1) is 23.5 Å². The van der Waals surface area contributed by atoms with E-state index in [0.717, 1.165) is 28.0 Å². The predicted molar refractivity (Wildman–Crippen MR) is 112 cm³/mol. The van der Waals surface area contributed by atoms with Gasteiger partial charge in [0, 0.05) is 6.54 Å². The number of hydrogen-bond acceptors (Lipinski definition) is 2. The summed E-state index contributed by atoms with van der Waals surface area (Å²) < 4.78 is 15.4. The Morgan fingerprint density at radius 1 is 0.966 bits per heavy atom. The van der Waals surface area contributed by atoms with Crippen molar-refractivity contribution in [1.29, 1.82) is 0 Å². The molecule has 1 atom stereocenters. The van der Waals surface area contributed by atoms with Crippen molar-refractivity contribution in [3.05, 3.63) is 102 Å². The van der Waals surface area contributed by atoms with E-state index >= 15 is 0 Å². The Labute approximate surface area is 169 Å². The second-order valence-electron chi connectivity index (χ2n) is 7.12. The average molecular weight is 387 g/mol. The van der Waals surface area contributed by atoms with Crippen LogP contribution in [0.5, 0.6) is 0 Å². The first-order valence-corrected chi connectivity index (χ1v) is 9.63. The lowest BCUT2D eigenvalue weighted by Crippen LogP contribution is -2.30. The Kier molecular flexibility index (Phi) is 5.38. The molecular formula is C24H22FN3O. The SMILES string of the molecule is CC(NC(=O)Cc1ccccc1)c1nc2ccccc2n1Cc1ccc(F)cc1. The number of benzene rings is 3. The van der Waals surface area contributed by atoms with Crippen LogP contribution in [0, 0.1) is 5.82 Å². The van der Waals surface area contributed by atoms with E-state index in [1.54, 1.807) is 12.1 Å². The number of hydrogen-bond donors (Lipinski definition) is 1. The molecule has 0 spiro atoms. The molecule has 4 nitrogen and oxygen atoms in total. The zero-order valence-electron chi connectivity index (χ0n) is 16.2. The maximum absolute atomic E-state index is 13.3. The van der Waals surface area contributed by atoms with E-state index < -0.39 is 0 Å². The van der Waals surface area contributed by atoms with Gasteiger partial charge in [-0.05, 0) is 42.3 Å². The molecule has 5 heteroatoms. The molecule has 1 heterocycles. The highest BCUT2D eigenvalue weighted by atomic mass is 19.1. The Bertz CT molecular complexity index is 1120. The third-order valence-corrected chi connectivity index (χ3v) is 4.91. The molecule has 0 aliphatic carbocycles. The molecule has 1 N–H and O–H groups in total. The van der Waals surface area contributed by atoms with Crippen molar-refractivity contribution in [2.75, 3.05) is 0 Å². The van der Waals surface area contributed by atoms with Crippen LogP contribution < -0.4 is 5.32 Å². The molecule has 0 fully saturated rings. The summed E-state index contributed by atoms with van der Waals surface area (Å²) in [6.45, 7) is 2.49. The lowest BCUT2D eigenvalue weighted by atomic mass is 10.1. The normalized spacial score (nSPS) is 12.1. The van der Waals surface area contributed by atoms with Crippen molar-refractivity contribution in [2.45, 2.75) is 25.9 Å². The van der Waals surface area contributed by atoms with Crippen LogP contribution in [0.1, 0.15) is 29.9 Å². The molecule has 4 aromatic rings. The number of imidazole rings is 1. The summed E-state index contributed by atoms with van der Waals surface area (Å²) in [5.41, 5.74) is 3.79. The van der Waals surface area contributed by atoms with Crippen LogP contribution in [0.25, 0.3) is 11.0 Å². The van der Waals surface area contributed by atoms with Gasteiger partial charge in [0.2, 0.25) is 5.91 Å². The summed E-state index contributed by atoms with van der Waals surface area (Å²) >= 11 is 0. The minimum absolute atomic E-state index is 0.0518. The van der Waals surface area contributed by atoms with Crippen LogP contribution in [-0.2, 0) is 17.8 Å². The number of aromatic nitrogens is 2. The van der Waals surface area contributed by atoms with Gasteiger partial charge in [-0.15, -0.1) is 0 Å². The van der Waals surface area contributed by atoms with Gasteiger partial charge in [-0.1, -0.05) is 54.6 Å². The summed E-state index contributed by atoms with van der Waals surface area (Å²) in [5, 5.41) is 3.06. The van der Waals surface area contributed by atoms with Crippen molar-refractivity contribution in [3.63, 3.8) is 0 Å². The largest absolute Gasteiger partial charge is 0.346 e. The molecule has 1 unspecified atom stereocenters. The number of nitrogens with one attached hydrogen (secondary N) is 1. The minimum atomic E-state index is -0.265. The quantitative estimate of drug-likeness (QED) is 0.524. The first kappa shape index (κ1) is 18.9. The van der Waals surface area contributed by atoms with Crippen molar-refractivity contribution in [3.8, 4) is 0 Å². The first-order valence-electron chi connectivity index (χ1n) is 9.63. The van der Waals surface area contributed by atoms with Gasteiger partial charge in [-0.3, -0.25) is 4.79 Å². The molecule has 0 aliphatic heterocycles. The third-order valence-electron chi connectivity index (χ3n) is 4.91. The van der Waals surface area contributed by atoms with Crippen LogP contribution in [0.15, 0.2) is 78.9 Å². The second kappa shape index (κ2) is 8.27. The second-order valence-corrected chi connectivity index (χ2v) is 7.12. The number of halogens is 1. The molecule has 0 saturated carbocycles. The summed E-state index contributed by atoms with van der Waals surface area (Å²) in [5.74, 6) is 0.465. The van der Waals surface area contributed by atoms with E-state index in [4.69, 9.17) is 4.98 Å². The monoisotopic (exact) mass is 387 g/mol. The Hall–Kier alpha value is -3.47. The molecule has 29 heavy (non-hydrogen) atoms. The van der Waals surface area contributed by atoms with Crippen LogP contribution >= 0.6 is 0 Å². The van der Waals surface area contributed by atoms with Crippen molar-refractivity contribution in [1.82, 2.24) is 14.9 Å².